The number of urea groups is 1. The van der Waals surface area contributed by atoms with E-state index >= 15 is 0 Å². The van der Waals surface area contributed by atoms with E-state index in [9.17, 15) is 9.59 Å². The maximum Gasteiger partial charge on any atom is 0.317 e. The van der Waals surface area contributed by atoms with Gasteiger partial charge in [0.1, 0.15) is 0 Å². The van der Waals surface area contributed by atoms with E-state index in [2.05, 4.69) is 11.4 Å². The molecular weight excluding hydrogens is 222 g/mol. The number of carbonyl (C=O) groups is 2. The lowest BCUT2D eigenvalue weighted by atomic mass is 9.96. The van der Waals surface area contributed by atoms with Crippen molar-refractivity contribution in [3.8, 4) is 6.07 Å². The van der Waals surface area contributed by atoms with Crippen LogP contribution in [0, 0.1) is 29.1 Å². The van der Waals surface area contributed by atoms with E-state index < -0.39 is 11.9 Å². The first kappa shape index (κ1) is 13.3. The molecule has 1 fully saturated rings. The van der Waals surface area contributed by atoms with Gasteiger partial charge < -0.3 is 15.3 Å². The van der Waals surface area contributed by atoms with Crippen LogP contribution >= 0.6 is 0 Å². The SMILES string of the molecule is CC(C)C(CNC(=O)N1CC(C#N)C1)C(=O)O. The Kier molecular flexibility index (Phi) is 4.32. The average Bonchev–Trinajstić information content (AvgIpc) is 2.15. The summed E-state index contributed by atoms with van der Waals surface area (Å²) in [6.07, 6.45) is 0. The van der Waals surface area contributed by atoms with Gasteiger partial charge in [0.2, 0.25) is 0 Å². The Balaban J connectivity index is 2.33. The van der Waals surface area contributed by atoms with Crippen molar-refractivity contribution in [3.63, 3.8) is 0 Å². The second-order valence-electron chi connectivity index (χ2n) is 4.61. The number of nitrogens with zero attached hydrogens (tertiary/aromatic N) is 2. The van der Waals surface area contributed by atoms with E-state index in [0.29, 0.717) is 13.1 Å². The van der Waals surface area contributed by atoms with Crippen LogP contribution in [0.15, 0.2) is 0 Å². The van der Waals surface area contributed by atoms with Gasteiger partial charge in [0.05, 0.1) is 17.9 Å². The first-order chi connectivity index (χ1) is 7.95. The molecule has 0 aromatic heterocycles. The molecule has 0 bridgehead atoms. The average molecular weight is 239 g/mol. The Labute approximate surface area is 100 Å². The van der Waals surface area contributed by atoms with Crippen molar-refractivity contribution in [2.45, 2.75) is 13.8 Å². The second-order valence-corrected chi connectivity index (χ2v) is 4.61. The normalized spacial score (nSPS) is 17.2. The third kappa shape index (κ3) is 3.34. The summed E-state index contributed by atoms with van der Waals surface area (Å²) in [4.78, 5) is 24.0. The number of rotatable bonds is 4. The zero-order valence-electron chi connectivity index (χ0n) is 10.0. The molecule has 1 atom stereocenters. The molecule has 0 aromatic carbocycles. The smallest absolute Gasteiger partial charge is 0.317 e. The summed E-state index contributed by atoms with van der Waals surface area (Å²) in [6.45, 7) is 4.60. The molecule has 1 aliphatic rings. The number of carboxylic acid groups (broad SMARTS) is 1. The number of carbonyl (C=O) groups excluding carboxylic acids is 1. The number of carboxylic acids is 1. The first-order valence-electron chi connectivity index (χ1n) is 5.61. The fraction of sp³-hybridized carbons (Fsp3) is 0.727. The van der Waals surface area contributed by atoms with Gasteiger partial charge >= 0.3 is 12.0 Å². The highest BCUT2D eigenvalue weighted by molar-refractivity contribution is 5.76. The molecule has 2 N–H and O–H groups in total. The van der Waals surface area contributed by atoms with Crippen LogP contribution in [0.5, 0.6) is 0 Å². The van der Waals surface area contributed by atoms with Crippen molar-refractivity contribution >= 4 is 12.0 Å². The number of nitrogens with one attached hydrogen (secondary N) is 1. The Bertz CT molecular complexity index is 342. The van der Waals surface area contributed by atoms with Gasteiger partial charge in [-0.1, -0.05) is 13.8 Å². The minimum Gasteiger partial charge on any atom is -0.481 e. The molecule has 2 amide bonds. The van der Waals surface area contributed by atoms with Crippen LogP contribution in [-0.4, -0.2) is 41.6 Å². The van der Waals surface area contributed by atoms with Crippen molar-refractivity contribution in [1.82, 2.24) is 10.2 Å². The molecular formula is C11H17N3O3. The van der Waals surface area contributed by atoms with Gasteiger partial charge in [-0.15, -0.1) is 0 Å². The van der Waals surface area contributed by atoms with Crippen LogP contribution in [0.25, 0.3) is 0 Å². The number of amides is 2. The molecule has 1 aliphatic heterocycles. The van der Waals surface area contributed by atoms with E-state index in [1.54, 1.807) is 13.8 Å². The van der Waals surface area contributed by atoms with E-state index in [4.69, 9.17) is 10.4 Å². The largest absolute Gasteiger partial charge is 0.481 e. The molecule has 1 rings (SSSR count). The number of likely N-dealkylation sites (tertiary alicyclic amines) is 1. The number of nitriles is 1. The lowest BCUT2D eigenvalue weighted by molar-refractivity contribution is -0.142. The minimum absolute atomic E-state index is 0.0314. The highest BCUT2D eigenvalue weighted by Crippen LogP contribution is 2.14. The van der Waals surface area contributed by atoms with Crippen LogP contribution in [-0.2, 0) is 4.79 Å². The molecule has 1 unspecified atom stereocenters. The monoisotopic (exact) mass is 239 g/mol. The van der Waals surface area contributed by atoms with E-state index in [-0.39, 0.29) is 24.4 Å². The lowest BCUT2D eigenvalue weighted by Gasteiger charge is -2.35. The molecule has 6 heteroatoms. The highest BCUT2D eigenvalue weighted by atomic mass is 16.4. The van der Waals surface area contributed by atoms with Gasteiger partial charge in [-0.3, -0.25) is 4.79 Å². The number of hydrogen-bond acceptors (Lipinski definition) is 3. The molecule has 17 heavy (non-hydrogen) atoms. The Morgan fingerprint density at radius 2 is 2.12 bits per heavy atom. The molecule has 0 spiro atoms. The number of hydrogen-bond donors (Lipinski definition) is 2. The molecule has 0 radical (unpaired) electrons. The predicted octanol–water partition coefficient (Wildman–Crippen LogP) is 0.508. The molecule has 1 saturated heterocycles. The Morgan fingerprint density at radius 3 is 2.53 bits per heavy atom. The zero-order chi connectivity index (χ0) is 13.0. The predicted molar refractivity (Wildman–Crippen MR) is 60.0 cm³/mol. The summed E-state index contributed by atoms with van der Waals surface area (Å²) in [5.74, 6) is -1.59. The topological polar surface area (TPSA) is 93.4 Å². The van der Waals surface area contributed by atoms with Crippen molar-refractivity contribution in [1.29, 1.82) is 5.26 Å². The lowest BCUT2D eigenvalue weighted by Crippen LogP contribution is -2.54. The summed E-state index contributed by atoms with van der Waals surface area (Å²) < 4.78 is 0. The van der Waals surface area contributed by atoms with Crippen molar-refractivity contribution < 1.29 is 14.7 Å². The van der Waals surface area contributed by atoms with Gasteiger partial charge in [0.15, 0.2) is 0 Å². The van der Waals surface area contributed by atoms with Gasteiger partial charge in [-0.25, -0.2) is 4.79 Å². The van der Waals surface area contributed by atoms with Gasteiger partial charge in [0, 0.05) is 19.6 Å². The molecule has 1 heterocycles. The van der Waals surface area contributed by atoms with Crippen LogP contribution in [0.2, 0.25) is 0 Å². The van der Waals surface area contributed by atoms with E-state index in [0.717, 1.165) is 0 Å². The van der Waals surface area contributed by atoms with Crippen LogP contribution in [0.4, 0.5) is 4.79 Å². The minimum atomic E-state index is -0.904. The van der Waals surface area contributed by atoms with E-state index in [1.165, 1.54) is 4.90 Å². The summed E-state index contributed by atoms with van der Waals surface area (Å²) in [5, 5.41) is 20.1. The standard InChI is InChI=1S/C11H17N3O3/c1-7(2)9(10(15)16)4-13-11(17)14-5-8(3-12)6-14/h7-9H,4-6H2,1-2H3,(H,13,17)(H,15,16). The maximum absolute atomic E-state index is 11.5. The summed E-state index contributed by atoms with van der Waals surface area (Å²) in [5.41, 5.74) is 0. The Morgan fingerprint density at radius 1 is 1.53 bits per heavy atom. The van der Waals surface area contributed by atoms with Gasteiger partial charge in [0.25, 0.3) is 0 Å². The molecule has 94 valence electrons. The molecule has 6 nitrogen and oxygen atoms in total. The Hall–Kier alpha value is -1.77. The second kappa shape index (κ2) is 5.53. The highest BCUT2D eigenvalue weighted by Gasteiger charge is 2.31. The summed E-state index contributed by atoms with van der Waals surface area (Å²) >= 11 is 0. The summed E-state index contributed by atoms with van der Waals surface area (Å²) in [6, 6.07) is 1.78. The summed E-state index contributed by atoms with van der Waals surface area (Å²) in [7, 11) is 0. The van der Waals surface area contributed by atoms with Crippen molar-refractivity contribution in [3.05, 3.63) is 0 Å². The van der Waals surface area contributed by atoms with Crippen LogP contribution in [0.1, 0.15) is 13.8 Å². The van der Waals surface area contributed by atoms with Crippen molar-refractivity contribution in [2.75, 3.05) is 19.6 Å². The van der Waals surface area contributed by atoms with E-state index in [1.807, 2.05) is 0 Å². The van der Waals surface area contributed by atoms with Gasteiger partial charge in [-0.05, 0) is 5.92 Å². The fourth-order valence-corrected chi connectivity index (χ4v) is 1.64. The zero-order valence-corrected chi connectivity index (χ0v) is 10.0. The quantitative estimate of drug-likeness (QED) is 0.747. The molecule has 0 aliphatic carbocycles. The van der Waals surface area contributed by atoms with Crippen molar-refractivity contribution in [2.24, 2.45) is 17.8 Å². The maximum atomic E-state index is 11.5. The number of aliphatic carboxylic acids is 1. The van der Waals surface area contributed by atoms with Crippen LogP contribution in [0.3, 0.4) is 0 Å². The molecule has 0 saturated carbocycles. The third-order valence-corrected chi connectivity index (χ3v) is 2.95. The first-order valence-corrected chi connectivity index (χ1v) is 5.61. The molecule has 0 aromatic rings. The van der Waals surface area contributed by atoms with Gasteiger partial charge in [-0.2, -0.15) is 5.26 Å². The van der Waals surface area contributed by atoms with Crippen LogP contribution < -0.4 is 5.32 Å². The fourth-order valence-electron chi connectivity index (χ4n) is 1.64. The third-order valence-electron chi connectivity index (χ3n) is 2.95.